The van der Waals surface area contributed by atoms with Gasteiger partial charge in [0, 0.05) is 0 Å². The summed E-state index contributed by atoms with van der Waals surface area (Å²) in [5, 5.41) is 4.44. The average molecular weight is 351 g/mol. The van der Waals surface area contributed by atoms with Gasteiger partial charge in [-0.1, -0.05) is 60.3 Å². The first-order valence-corrected chi connectivity index (χ1v) is 8.73. The number of allylic oxidation sites excluding steroid dienone is 1. The summed E-state index contributed by atoms with van der Waals surface area (Å²) in [5.74, 6) is -0.0259. The molecule has 0 aliphatic heterocycles. The van der Waals surface area contributed by atoms with Crippen LogP contribution in [0.5, 0.6) is 0 Å². The van der Waals surface area contributed by atoms with Gasteiger partial charge in [0.05, 0.1) is 12.0 Å². The van der Waals surface area contributed by atoms with E-state index in [-0.39, 0.29) is 11.7 Å². The molecular weight excluding hydrogens is 334 g/mol. The number of para-hydroxylation sites is 2. The van der Waals surface area contributed by atoms with E-state index in [1.165, 1.54) is 11.8 Å². The normalized spacial score (nSPS) is 12.0. The molecule has 126 valence electrons. The Labute approximate surface area is 149 Å². The van der Waals surface area contributed by atoms with E-state index in [4.69, 9.17) is 4.42 Å². The van der Waals surface area contributed by atoms with Crippen molar-refractivity contribution < 1.29 is 9.21 Å². The van der Waals surface area contributed by atoms with Crippen molar-refractivity contribution in [2.75, 3.05) is 5.75 Å². The van der Waals surface area contributed by atoms with Gasteiger partial charge in [-0.25, -0.2) is 10.4 Å². The molecule has 3 aromatic rings. The van der Waals surface area contributed by atoms with E-state index in [0.717, 1.165) is 16.7 Å². The van der Waals surface area contributed by atoms with E-state index in [2.05, 4.69) is 15.5 Å². The largest absolute Gasteiger partial charge is 0.431 e. The van der Waals surface area contributed by atoms with E-state index in [1.807, 2.05) is 67.6 Å². The Balaban J connectivity index is 1.48. The first-order valence-electron chi connectivity index (χ1n) is 7.74. The molecule has 0 fully saturated rings. The van der Waals surface area contributed by atoms with Crippen LogP contribution >= 0.6 is 11.8 Å². The summed E-state index contributed by atoms with van der Waals surface area (Å²) in [6, 6.07) is 17.4. The summed E-state index contributed by atoms with van der Waals surface area (Å²) >= 11 is 1.24. The summed E-state index contributed by atoms with van der Waals surface area (Å²) in [4.78, 5) is 16.1. The molecule has 1 amide bonds. The van der Waals surface area contributed by atoms with Gasteiger partial charge in [-0.3, -0.25) is 4.79 Å². The van der Waals surface area contributed by atoms with Gasteiger partial charge in [-0.2, -0.15) is 5.10 Å². The molecule has 1 N–H and O–H groups in total. The third kappa shape index (κ3) is 5.06. The van der Waals surface area contributed by atoms with Gasteiger partial charge in [0.1, 0.15) is 5.52 Å². The second-order valence-corrected chi connectivity index (χ2v) is 6.25. The lowest BCUT2D eigenvalue weighted by Crippen LogP contribution is -2.19. The van der Waals surface area contributed by atoms with Crippen LogP contribution in [0.3, 0.4) is 0 Å². The molecule has 5 nitrogen and oxygen atoms in total. The van der Waals surface area contributed by atoms with Crippen molar-refractivity contribution in [3.05, 3.63) is 65.7 Å². The summed E-state index contributed by atoms with van der Waals surface area (Å²) in [5.41, 5.74) is 6.03. The molecule has 0 atom stereocenters. The van der Waals surface area contributed by atoms with Gasteiger partial charge < -0.3 is 4.42 Å². The highest BCUT2D eigenvalue weighted by atomic mass is 32.2. The van der Waals surface area contributed by atoms with E-state index in [9.17, 15) is 4.79 Å². The minimum absolute atomic E-state index is 0.186. The number of oxazole rings is 1. The third-order valence-electron chi connectivity index (χ3n) is 3.25. The highest BCUT2D eigenvalue weighted by Gasteiger charge is 2.08. The highest BCUT2D eigenvalue weighted by molar-refractivity contribution is 7.99. The standard InChI is InChI=1S/C19H17N3O2S/c1-14(11-15-7-3-2-4-8-15)12-20-22-18(23)13-25-19-21-16-9-5-6-10-17(16)24-19/h2-12H,13H2,1H3,(H,22,23)/b14-11-,20-12+. The highest BCUT2D eigenvalue weighted by Crippen LogP contribution is 2.22. The Morgan fingerprint density at radius 1 is 1.20 bits per heavy atom. The Morgan fingerprint density at radius 2 is 1.96 bits per heavy atom. The van der Waals surface area contributed by atoms with Gasteiger partial charge in [-0.15, -0.1) is 0 Å². The molecule has 0 saturated carbocycles. The minimum atomic E-state index is -0.212. The fourth-order valence-electron chi connectivity index (χ4n) is 2.13. The zero-order valence-electron chi connectivity index (χ0n) is 13.7. The molecule has 2 aromatic carbocycles. The van der Waals surface area contributed by atoms with Crippen molar-refractivity contribution in [3.63, 3.8) is 0 Å². The van der Waals surface area contributed by atoms with Gasteiger partial charge >= 0.3 is 0 Å². The molecule has 1 heterocycles. The lowest BCUT2D eigenvalue weighted by molar-refractivity contribution is -0.118. The van der Waals surface area contributed by atoms with Crippen LogP contribution in [-0.4, -0.2) is 22.9 Å². The lowest BCUT2D eigenvalue weighted by Gasteiger charge is -1.98. The number of fused-ring (bicyclic) bond motifs is 1. The van der Waals surface area contributed by atoms with Crippen LogP contribution in [-0.2, 0) is 4.79 Å². The summed E-state index contributed by atoms with van der Waals surface area (Å²) < 4.78 is 5.55. The van der Waals surface area contributed by atoms with E-state index < -0.39 is 0 Å². The Hall–Kier alpha value is -2.86. The second-order valence-electron chi connectivity index (χ2n) is 5.33. The number of aromatic nitrogens is 1. The van der Waals surface area contributed by atoms with Crippen LogP contribution in [0.4, 0.5) is 0 Å². The van der Waals surface area contributed by atoms with Crippen molar-refractivity contribution in [2.24, 2.45) is 5.10 Å². The molecule has 6 heteroatoms. The van der Waals surface area contributed by atoms with Crippen LogP contribution in [0.2, 0.25) is 0 Å². The predicted octanol–water partition coefficient (Wildman–Crippen LogP) is 4.13. The first kappa shape index (κ1) is 17.0. The number of rotatable bonds is 6. The van der Waals surface area contributed by atoms with Gasteiger partial charge in [0.15, 0.2) is 5.58 Å². The molecule has 0 radical (unpaired) electrons. The maximum absolute atomic E-state index is 11.8. The maximum Gasteiger partial charge on any atom is 0.257 e. The van der Waals surface area contributed by atoms with Gasteiger partial charge in [-0.05, 0) is 30.2 Å². The molecule has 0 saturated heterocycles. The lowest BCUT2D eigenvalue weighted by atomic mass is 10.1. The van der Waals surface area contributed by atoms with Crippen molar-refractivity contribution in [1.82, 2.24) is 10.4 Å². The first-order chi connectivity index (χ1) is 12.2. The van der Waals surface area contributed by atoms with Crippen molar-refractivity contribution in [3.8, 4) is 0 Å². The maximum atomic E-state index is 11.8. The summed E-state index contributed by atoms with van der Waals surface area (Å²) in [7, 11) is 0. The number of hydrogen-bond acceptors (Lipinski definition) is 5. The fourth-order valence-corrected chi connectivity index (χ4v) is 2.76. The van der Waals surface area contributed by atoms with Gasteiger partial charge in [0.2, 0.25) is 0 Å². The molecule has 0 bridgehead atoms. The number of nitrogens with one attached hydrogen (secondary N) is 1. The number of nitrogens with zero attached hydrogens (tertiary/aromatic N) is 2. The molecule has 0 unspecified atom stereocenters. The van der Waals surface area contributed by atoms with Crippen LogP contribution in [0.25, 0.3) is 17.2 Å². The SMILES string of the molecule is CC(=C/c1ccccc1)/C=N/NC(=O)CSc1nc2ccccc2o1. The molecular formula is C19H17N3O2S. The van der Waals surface area contributed by atoms with Crippen LogP contribution in [0.15, 0.2) is 74.9 Å². The number of carbonyl (C=O) groups is 1. The number of hydrogen-bond donors (Lipinski definition) is 1. The molecule has 1 aromatic heterocycles. The van der Waals surface area contributed by atoms with Crippen LogP contribution in [0.1, 0.15) is 12.5 Å². The molecule has 0 aliphatic rings. The smallest absolute Gasteiger partial charge is 0.257 e. The molecule has 0 spiro atoms. The number of amides is 1. The van der Waals surface area contributed by atoms with Crippen LogP contribution in [0, 0.1) is 0 Å². The monoisotopic (exact) mass is 351 g/mol. The van der Waals surface area contributed by atoms with Gasteiger partial charge in [0.25, 0.3) is 11.1 Å². The number of carbonyl (C=O) groups excluding carboxylic acids is 1. The van der Waals surface area contributed by atoms with Crippen molar-refractivity contribution >= 4 is 41.1 Å². The van der Waals surface area contributed by atoms with E-state index in [1.54, 1.807) is 6.21 Å². The molecule has 25 heavy (non-hydrogen) atoms. The zero-order chi connectivity index (χ0) is 17.5. The molecule has 3 rings (SSSR count). The number of thioether (sulfide) groups is 1. The topological polar surface area (TPSA) is 67.5 Å². The number of hydrazone groups is 1. The molecule has 0 aliphatic carbocycles. The Kier molecular flexibility index (Phi) is 5.64. The van der Waals surface area contributed by atoms with Crippen LogP contribution < -0.4 is 5.43 Å². The predicted molar refractivity (Wildman–Crippen MR) is 101 cm³/mol. The van der Waals surface area contributed by atoms with Crippen molar-refractivity contribution in [2.45, 2.75) is 12.1 Å². The van der Waals surface area contributed by atoms with E-state index >= 15 is 0 Å². The zero-order valence-corrected chi connectivity index (χ0v) is 14.5. The fraction of sp³-hybridized carbons (Fsp3) is 0.105. The van der Waals surface area contributed by atoms with Crippen molar-refractivity contribution in [1.29, 1.82) is 0 Å². The Bertz CT molecular complexity index is 884. The quantitative estimate of drug-likeness (QED) is 0.412. The number of benzene rings is 2. The average Bonchev–Trinajstić information content (AvgIpc) is 3.04. The Morgan fingerprint density at radius 3 is 2.76 bits per heavy atom. The van der Waals surface area contributed by atoms with E-state index in [0.29, 0.717) is 10.8 Å². The third-order valence-corrected chi connectivity index (χ3v) is 4.08. The summed E-state index contributed by atoms with van der Waals surface area (Å²) in [6.07, 6.45) is 3.61. The summed E-state index contributed by atoms with van der Waals surface area (Å²) in [6.45, 7) is 1.93. The minimum Gasteiger partial charge on any atom is -0.431 e. The second kappa shape index (κ2) is 8.30.